The summed E-state index contributed by atoms with van der Waals surface area (Å²) in [6.45, 7) is 6.16. The first-order chi connectivity index (χ1) is 12.7. The number of rotatable bonds is 4. The van der Waals surface area contributed by atoms with Crippen LogP contribution in [0.2, 0.25) is 0 Å². The van der Waals surface area contributed by atoms with Crippen LogP contribution in [0.3, 0.4) is 0 Å². The van der Waals surface area contributed by atoms with Gasteiger partial charge in [-0.15, -0.1) is 10.2 Å². The molecular weight excluding hydrogens is 322 g/mol. The van der Waals surface area contributed by atoms with Crippen LogP contribution in [0.5, 0.6) is 0 Å². The van der Waals surface area contributed by atoms with Crippen LogP contribution in [0.4, 0.5) is 11.5 Å². The lowest BCUT2D eigenvalue weighted by Gasteiger charge is -2.12. The Balaban J connectivity index is 1.83. The summed E-state index contributed by atoms with van der Waals surface area (Å²) in [5, 5.41) is 19.0. The Morgan fingerprint density at radius 2 is 1.73 bits per heavy atom. The first-order valence-corrected chi connectivity index (χ1v) is 8.80. The molecule has 4 rings (SSSR count). The van der Waals surface area contributed by atoms with E-state index in [2.05, 4.69) is 57.9 Å². The molecule has 0 aliphatic rings. The number of nitrogens with one attached hydrogen (secondary N) is 1. The molecular formula is C21H21N5. The summed E-state index contributed by atoms with van der Waals surface area (Å²) in [4.78, 5) is 0. The molecule has 26 heavy (non-hydrogen) atoms. The number of fused-ring (bicyclic) bond motifs is 1. The van der Waals surface area contributed by atoms with Crippen molar-refractivity contribution >= 4 is 22.3 Å². The Labute approximate surface area is 152 Å². The lowest BCUT2D eigenvalue weighted by atomic mass is 10.1. The van der Waals surface area contributed by atoms with Gasteiger partial charge in [-0.2, -0.15) is 5.10 Å². The number of hydrogen-bond acceptors (Lipinski definition) is 4. The molecule has 0 amide bonds. The summed E-state index contributed by atoms with van der Waals surface area (Å²) in [5.41, 5.74) is 4.31. The third-order valence-corrected chi connectivity index (χ3v) is 4.48. The van der Waals surface area contributed by atoms with Crippen molar-refractivity contribution in [2.45, 2.75) is 27.2 Å². The quantitative estimate of drug-likeness (QED) is 0.581. The highest BCUT2D eigenvalue weighted by Crippen LogP contribution is 2.28. The third kappa shape index (κ3) is 2.92. The molecule has 5 heteroatoms. The summed E-state index contributed by atoms with van der Waals surface area (Å²) in [6.07, 6.45) is 0.999. The van der Waals surface area contributed by atoms with E-state index in [1.165, 1.54) is 5.56 Å². The average Bonchev–Trinajstić information content (AvgIpc) is 3.00. The third-order valence-electron chi connectivity index (χ3n) is 4.48. The Morgan fingerprint density at radius 1 is 0.923 bits per heavy atom. The lowest BCUT2D eigenvalue weighted by molar-refractivity contribution is 0.792. The monoisotopic (exact) mass is 343 g/mol. The molecule has 130 valence electrons. The van der Waals surface area contributed by atoms with Crippen LogP contribution < -0.4 is 5.32 Å². The van der Waals surface area contributed by atoms with E-state index in [1.807, 2.05) is 42.8 Å². The van der Waals surface area contributed by atoms with Crippen LogP contribution in [-0.4, -0.2) is 20.0 Å². The SMILES string of the molecule is CCc1cccc(Nc2nnc(-n3nc(C)cc3C)c3ccccc23)c1. The summed E-state index contributed by atoms with van der Waals surface area (Å²) >= 11 is 0. The van der Waals surface area contributed by atoms with Crippen LogP contribution in [0.15, 0.2) is 54.6 Å². The van der Waals surface area contributed by atoms with Crippen molar-refractivity contribution in [3.05, 3.63) is 71.5 Å². The molecule has 0 saturated heterocycles. The molecule has 1 N–H and O–H groups in total. The molecule has 2 heterocycles. The van der Waals surface area contributed by atoms with Gasteiger partial charge in [0.15, 0.2) is 11.6 Å². The predicted octanol–water partition coefficient (Wildman–Crippen LogP) is 4.74. The zero-order valence-electron chi connectivity index (χ0n) is 15.2. The van der Waals surface area contributed by atoms with E-state index in [4.69, 9.17) is 0 Å². The zero-order chi connectivity index (χ0) is 18.1. The number of nitrogens with zero attached hydrogens (tertiary/aromatic N) is 4. The van der Waals surface area contributed by atoms with E-state index in [0.717, 1.165) is 45.9 Å². The van der Waals surface area contributed by atoms with Gasteiger partial charge in [-0.3, -0.25) is 0 Å². The van der Waals surface area contributed by atoms with Crippen LogP contribution in [0.25, 0.3) is 16.6 Å². The lowest BCUT2D eigenvalue weighted by Crippen LogP contribution is -2.06. The van der Waals surface area contributed by atoms with Crippen molar-refractivity contribution in [3.8, 4) is 5.82 Å². The minimum absolute atomic E-state index is 0.749. The maximum absolute atomic E-state index is 4.56. The molecule has 0 aliphatic carbocycles. The Bertz CT molecular complexity index is 1080. The molecule has 0 saturated carbocycles. The average molecular weight is 343 g/mol. The summed E-state index contributed by atoms with van der Waals surface area (Å²) in [5.74, 6) is 1.50. The molecule has 0 unspecified atom stereocenters. The molecule has 4 aromatic rings. The van der Waals surface area contributed by atoms with E-state index in [0.29, 0.717) is 0 Å². The second kappa shape index (κ2) is 6.59. The normalized spacial score (nSPS) is 11.0. The number of aromatic nitrogens is 4. The van der Waals surface area contributed by atoms with E-state index in [-0.39, 0.29) is 0 Å². The molecule has 0 radical (unpaired) electrons. The number of benzene rings is 2. The second-order valence-electron chi connectivity index (χ2n) is 6.44. The molecule has 0 aliphatic heterocycles. The van der Waals surface area contributed by atoms with Gasteiger partial charge < -0.3 is 5.32 Å². The zero-order valence-corrected chi connectivity index (χ0v) is 15.2. The van der Waals surface area contributed by atoms with E-state index < -0.39 is 0 Å². The maximum Gasteiger partial charge on any atom is 0.183 e. The number of hydrogen-bond donors (Lipinski definition) is 1. The van der Waals surface area contributed by atoms with Gasteiger partial charge in [0.1, 0.15) is 0 Å². The first kappa shape index (κ1) is 16.3. The Morgan fingerprint density at radius 3 is 2.46 bits per heavy atom. The Kier molecular flexibility index (Phi) is 4.13. The molecule has 2 aromatic carbocycles. The fourth-order valence-electron chi connectivity index (χ4n) is 3.19. The van der Waals surface area contributed by atoms with Crippen molar-refractivity contribution in [2.24, 2.45) is 0 Å². The van der Waals surface area contributed by atoms with Gasteiger partial charge in [-0.1, -0.05) is 43.3 Å². The van der Waals surface area contributed by atoms with E-state index in [9.17, 15) is 0 Å². The molecule has 0 spiro atoms. The summed E-state index contributed by atoms with van der Waals surface area (Å²) in [6, 6.07) is 18.6. The van der Waals surface area contributed by atoms with Crippen molar-refractivity contribution in [2.75, 3.05) is 5.32 Å². The van der Waals surface area contributed by atoms with Gasteiger partial charge in [0.25, 0.3) is 0 Å². The summed E-state index contributed by atoms with van der Waals surface area (Å²) < 4.78 is 1.85. The van der Waals surface area contributed by atoms with Gasteiger partial charge in [0.2, 0.25) is 0 Å². The van der Waals surface area contributed by atoms with Crippen molar-refractivity contribution in [1.29, 1.82) is 0 Å². The van der Waals surface area contributed by atoms with E-state index >= 15 is 0 Å². The number of aryl methyl sites for hydroxylation is 3. The maximum atomic E-state index is 4.56. The van der Waals surface area contributed by atoms with Gasteiger partial charge in [-0.25, -0.2) is 4.68 Å². The van der Waals surface area contributed by atoms with Crippen molar-refractivity contribution < 1.29 is 0 Å². The highest BCUT2D eigenvalue weighted by atomic mass is 15.4. The second-order valence-corrected chi connectivity index (χ2v) is 6.44. The highest BCUT2D eigenvalue weighted by molar-refractivity contribution is 5.97. The summed E-state index contributed by atoms with van der Waals surface area (Å²) in [7, 11) is 0. The Hall–Kier alpha value is -3.21. The van der Waals surface area contributed by atoms with Crippen LogP contribution >= 0.6 is 0 Å². The van der Waals surface area contributed by atoms with Gasteiger partial charge in [0.05, 0.1) is 5.69 Å². The molecule has 0 fully saturated rings. The first-order valence-electron chi connectivity index (χ1n) is 8.80. The number of anilines is 2. The van der Waals surface area contributed by atoms with Crippen LogP contribution in [-0.2, 0) is 6.42 Å². The topological polar surface area (TPSA) is 55.6 Å². The highest BCUT2D eigenvalue weighted by Gasteiger charge is 2.13. The predicted molar refractivity (Wildman–Crippen MR) is 105 cm³/mol. The van der Waals surface area contributed by atoms with E-state index in [1.54, 1.807) is 0 Å². The van der Waals surface area contributed by atoms with Crippen LogP contribution in [0, 0.1) is 13.8 Å². The fourth-order valence-corrected chi connectivity index (χ4v) is 3.19. The largest absolute Gasteiger partial charge is 0.338 e. The van der Waals surface area contributed by atoms with Gasteiger partial charge in [-0.05, 0) is 44.0 Å². The molecule has 0 bridgehead atoms. The minimum Gasteiger partial charge on any atom is -0.338 e. The minimum atomic E-state index is 0.749. The van der Waals surface area contributed by atoms with Gasteiger partial charge >= 0.3 is 0 Å². The smallest absolute Gasteiger partial charge is 0.183 e. The fraction of sp³-hybridized carbons (Fsp3) is 0.190. The van der Waals surface area contributed by atoms with Gasteiger partial charge in [0, 0.05) is 22.2 Å². The standard InChI is InChI=1S/C21H21N5/c1-4-16-8-7-9-17(13-16)22-20-18-10-5-6-11-19(18)21(24-23-20)26-15(3)12-14(2)25-26/h5-13H,4H2,1-3H3,(H,22,23). The van der Waals surface area contributed by atoms with Crippen LogP contribution in [0.1, 0.15) is 23.9 Å². The molecule has 0 atom stereocenters. The van der Waals surface area contributed by atoms with Crippen molar-refractivity contribution in [3.63, 3.8) is 0 Å². The molecule has 2 aromatic heterocycles. The molecule has 5 nitrogen and oxygen atoms in total. The van der Waals surface area contributed by atoms with Crippen molar-refractivity contribution in [1.82, 2.24) is 20.0 Å².